The molecular weight excluding hydrogens is 248 g/mol. The Kier molecular flexibility index (Phi) is 4.58. The lowest BCUT2D eigenvalue weighted by molar-refractivity contribution is 0.248. The molecule has 0 aliphatic carbocycles. The zero-order chi connectivity index (χ0) is 13.8. The Bertz CT molecular complexity index is 421. The lowest BCUT2D eigenvalue weighted by atomic mass is 9.95. The number of piperidine rings is 1. The molecule has 2 heterocycles. The summed E-state index contributed by atoms with van der Waals surface area (Å²) >= 11 is 0. The van der Waals surface area contributed by atoms with E-state index < -0.39 is 0 Å². The molecule has 1 aromatic rings. The predicted octanol–water partition coefficient (Wildman–Crippen LogP) is 2.49. The van der Waals surface area contributed by atoms with Crippen molar-refractivity contribution in [3.05, 3.63) is 29.8 Å². The smallest absolute Gasteiger partial charge is 0.0702 e. The number of likely N-dealkylation sites (tertiary alicyclic amines) is 1. The number of benzene rings is 1. The van der Waals surface area contributed by atoms with Gasteiger partial charge < -0.3 is 14.9 Å². The van der Waals surface area contributed by atoms with E-state index in [4.69, 9.17) is 0 Å². The van der Waals surface area contributed by atoms with Crippen LogP contribution in [0.25, 0.3) is 0 Å². The van der Waals surface area contributed by atoms with Gasteiger partial charge in [0.1, 0.15) is 0 Å². The van der Waals surface area contributed by atoms with Crippen LogP contribution in [-0.4, -0.2) is 42.7 Å². The largest absolute Gasteiger partial charge is 0.392 e. The Hall–Kier alpha value is -1.06. The molecule has 2 aliphatic heterocycles. The van der Waals surface area contributed by atoms with E-state index in [2.05, 4.69) is 21.9 Å². The van der Waals surface area contributed by atoms with Crippen LogP contribution in [0, 0.1) is 5.92 Å². The highest BCUT2D eigenvalue weighted by Crippen LogP contribution is 2.27. The molecule has 3 rings (SSSR count). The average Bonchev–Trinajstić information content (AvgIpc) is 3.01. The summed E-state index contributed by atoms with van der Waals surface area (Å²) in [5.41, 5.74) is 2.29. The predicted molar refractivity (Wildman–Crippen MR) is 83.0 cm³/mol. The van der Waals surface area contributed by atoms with Crippen molar-refractivity contribution in [3.8, 4) is 0 Å². The van der Waals surface area contributed by atoms with E-state index >= 15 is 0 Å². The average molecular weight is 274 g/mol. The Morgan fingerprint density at radius 2 is 1.70 bits per heavy atom. The summed E-state index contributed by atoms with van der Waals surface area (Å²) in [6, 6.07) is 8.26. The zero-order valence-corrected chi connectivity index (χ0v) is 12.3. The van der Waals surface area contributed by atoms with Gasteiger partial charge in [-0.1, -0.05) is 18.2 Å². The Balaban J connectivity index is 1.55. The van der Waals surface area contributed by atoms with E-state index in [9.17, 15) is 5.11 Å². The second-order valence-electron chi connectivity index (χ2n) is 6.22. The standard InChI is InChI=1S/C17H26N2O/c20-14-16-5-1-2-6-17(16)19-11-7-15(8-12-19)13-18-9-3-4-10-18/h1-2,5-6,15,20H,3-4,7-14H2. The minimum absolute atomic E-state index is 0.143. The maximum atomic E-state index is 9.46. The van der Waals surface area contributed by atoms with E-state index in [1.165, 1.54) is 51.0 Å². The van der Waals surface area contributed by atoms with E-state index in [1.54, 1.807) is 0 Å². The molecule has 0 bridgehead atoms. The van der Waals surface area contributed by atoms with Crippen LogP contribution < -0.4 is 4.90 Å². The summed E-state index contributed by atoms with van der Waals surface area (Å²) in [5.74, 6) is 0.866. The van der Waals surface area contributed by atoms with Crippen molar-refractivity contribution >= 4 is 5.69 Å². The minimum Gasteiger partial charge on any atom is -0.392 e. The van der Waals surface area contributed by atoms with Crippen molar-refractivity contribution in [2.24, 2.45) is 5.92 Å². The van der Waals surface area contributed by atoms with Crippen LogP contribution in [0.4, 0.5) is 5.69 Å². The van der Waals surface area contributed by atoms with Gasteiger partial charge in [0, 0.05) is 30.9 Å². The van der Waals surface area contributed by atoms with Crippen LogP contribution in [-0.2, 0) is 6.61 Å². The maximum absolute atomic E-state index is 9.46. The van der Waals surface area contributed by atoms with Crippen molar-refractivity contribution in [2.45, 2.75) is 32.3 Å². The first-order chi connectivity index (χ1) is 9.86. The summed E-state index contributed by atoms with van der Waals surface area (Å²) in [6.45, 7) is 6.34. The summed E-state index contributed by atoms with van der Waals surface area (Å²) in [6.07, 6.45) is 5.36. The van der Waals surface area contributed by atoms with Gasteiger partial charge in [0.25, 0.3) is 0 Å². The van der Waals surface area contributed by atoms with E-state index in [-0.39, 0.29) is 6.61 Å². The van der Waals surface area contributed by atoms with E-state index in [1.807, 2.05) is 12.1 Å². The highest BCUT2D eigenvalue weighted by Gasteiger charge is 2.23. The minimum atomic E-state index is 0.143. The first-order valence-electron chi connectivity index (χ1n) is 8.03. The summed E-state index contributed by atoms with van der Waals surface area (Å²) in [7, 11) is 0. The van der Waals surface area contributed by atoms with Crippen LogP contribution in [0.15, 0.2) is 24.3 Å². The van der Waals surface area contributed by atoms with Gasteiger partial charge in [-0.3, -0.25) is 0 Å². The number of para-hydroxylation sites is 1. The van der Waals surface area contributed by atoms with Crippen LogP contribution >= 0.6 is 0 Å². The van der Waals surface area contributed by atoms with Crippen LogP contribution in [0.5, 0.6) is 0 Å². The second-order valence-corrected chi connectivity index (χ2v) is 6.22. The van der Waals surface area contributed by atoms with Crippen molar-refractivity contribution in [2.75, 3.05) is 37.6 Å². The molecule has 20 heavy (non-hydrogen) atoms. The van der Waals surface area contributed by atoms with E-state index in [0.717, 1.165) is 24.6 Å². The monoisotopic (exact) mass is 274 g/mol. The number of aliphatic hydroxyl groups excluding tert-OH is 1. The normalized spacial score (nSPS) is 21.6. The second kappa shape index (κ2) is 6.59. The van der Waals surface area contributed by atoms with Crippen molar-refractivity contribution in [1.82, 2.24) is 4.90 Å². The molecule has 0 radical (unpaired) electrons. The maximum Gasteiger partial charge on any atom is 0.0702 e. The summed E-state index contributed by atoms with van der Waals surface area (Å²) in [4.78, 5) is 5.09. The number of aliphatic hydroxyl groups is 1. The number of hydrogen-bond acceptors (Lipinski definition) is 3. The molecule has 0 saturated carbocycles. The highest BCUT2D eigenvalue weighted by atomic mass is 16.3. The third kappa shape index (κ3) is 3.15. The fourth-order valence-electron chi connectivity index (χ4n) is 3.64. The van der Waals surface area contributed by atoms with Gasteiger partial charge in [0.15, 0.2) is 0 Å². The fraction of sp³-hybridized carbons (Fsp3) is 0.647. The number of hydrogen-bond donors (Lipinski definition) is 1. The molecule has 0 amide bonds. The molecule has 1 aromatic carbocycles. The van der Waals surface area contributed by atoms with Crippen LogP contribution in [0.3, 0.4) is 0 Å². The zero-order valence-electron chi connectivity index (χ0n) is 12.3. The van der Waals surface area contributed by atoms with Gasteiger partial charge >= 0.3 is 0 Å². The van der Waals surface area contributed by atoms with Gasteiger partial charge in [0.05, 0.1) is 6.61 Å². The third-order valence-electron chi connectivity index (χ3n) is 4.83. The van der Waals surface area contributed by atoms with Gasteiger partial charge in [-0.05, 0) is 50.8 Å². The molecule has 0 unspecified atom stereocenters. The quantitative estimate of drug-likeness (QED) is 0.914. The molecule has 110 valence electrons. The first kappa shape index (κ1) is 13.9. The van der Waals surface area contributed by atoms with Gasteiger partial charge in [0.2, 0.25) is 0 Å². The number of nitrogens with zero attached hydrogens (tertiary/aromatic N) is 2. The van der Waals surface area contributed by atoms with E-state index in [0.29, 0.717) is 0 Å². The Labute approximate surface area is 122 Å². The molecule has 0 atom stereocenters. The fourth-order valence-corrected chi connectivity index (χ4v) is 3.64. The number of anilines is 1. The van der Waals surface area contributed by atoms with Crippen molar-refractivity contribution in [3.63, 3.8) is 0 Å². The molecule has 0 aromatic heterocycles. The summed E-state index contributed by atoms with van der Waals surface area (Å²) in [5, 5.41) is 9.46. The van der Waals surface area contributed by atoms with Crippen molar-refractivity contribution in [1.29, 1.82) is 0 Å². The molecule has 0 spiro atoms. The Morgan fingerprint density at radius 1 is 1.00 bits per heavy atom. The molecule has 3 nitrogen and oxygen atoms in total. The first-order valence-corrected chi connectivity index (χ1v) is 8.03. The lowest BCUT2D eigenvalue weighted by Crippen LogP contribution is -2.38. The van der Waals surface area contributed by atoms with Crippen LogP contribution in [0.1, 0.15) is 31.2 Å². The van der Waals surface area contributed by atoms with Crippen molar-refractivity contribution < 1.29 is 5.11 Å². The van der Waals surface area contributed by atoms with Gasteiger partial charge in [-0.2, -0.15) is 0 Å². The topological polar surface area (TPSA) is 26.7 Å². The third-order valence-corrected chi connectivity index (χ3v) is 4.83. The Morgan fingerprint density at radius 3 is 2.40 bits per heavy atom. The molecule has 2 aliphatic rings. The summed E-state index contributed by atoms with van der Waals surface area (Å²) < 4.78 is 0. The SMILES string of the molecule is OCc1ccccc1N1CCC(CN2CCCC2)CC1. The molecule has 2 saturated heterocycles. The molecular formula is C17H26N2O. The molecule has 2 fully saturated rings. The van der Waals surface area contributed by atoms with Crippen LogP contribution in [0.2, 0.25) is 0 Å². The number of rotatable bonds is 4. The highest BCUT2D eigenvalue weighted by molar-refractivity contribution is 5.53. The lowest BCUT2D eigenvalue weighted by Gasteiger charge is -2.36. The molecule has 3 heteroatoms. The molecule has 1 N–H and O–H groups in total. The van der Waals surface area contributed by atoms with Gasteiger partial charge in [-0.15, -0.1) is 0 Å². The van der Waals surface area contributed by atoms with Gasteiger partial charge in [-0.25, -0.2) is 0 Å².